The number of aromatic amines is 1. The summed E-state index contributed by atoms with van der Waals surface area (Å²) in [5.41, 5.74) is 2.40. The number of fused-ring (bicyclic) bond motifs is 1. The Morgan fingerprint density at radius 3 is 2.86 bits per heavy atom. The molecule has 0 saturated heterocycles. The van der Waals surface area contributed by atoms with Gasteiger partial charge in [0.1, 0.15) is 0 Å². The van der Waals surface area contributed by atoms with Gasteiger partial charge < -0.3 is 9.88 Å². The summed E-state index contributed by atoms with van der Waals surface area (Å²) in [5, 5.41) is 1.24. The number of para-hydroxylation sites is 1. The summed E-state index contributed by atoms with van der Waals surface area (Å²) in [6.07, 6.45) is 8.45. The highest BCUT2D eigenvalue weighted by atomic mass is 16.2. The van der Waals surface area contributed by atoms with Crippen LogP contribution in [0.1, 0.15) is 44.6 Å². The molecular formula is C19H26N2O. The number of aryl methyl sites for hydroxylation is 1. The molecule has 2 aromatic rings. The van der Waals surface area contributed by atoms with Gasteiger partial charge in [0.15, 0.2) is 0 Å². The van der Waals surface area contributed by atoms with E-state index in [0.29, 0.717) is 18.4 Å². The van der Waals surface area contributed by atoms with E-state index >= 15 is 0 Å². The van der Waals surface area contributed by atoms with Gasteiger partial charge in [-0.25, -0.2) is 0 Å². The van der Waals surface area contributed by atoms with E-state index in [1.807, 2.05) is 24.2 Å². The molecule has 1 aromatic carbocycles. The zero-order valence-corrected chi connectivity index (χ0v) is 13.6. The predicted octanol–water partition coefficient (Wildman–Crippen LogP) is 4.14. The SMILES string of the molecule is CC1CCCCC1N(C)C(=O)CCc1c[nH]c2ccccc12. The molecule has 2 unspecified atom stereocenters. The van der Waals surface area contributed by atoms with Gasteiger partial charge in [-0.05, 0) is 36.8 Å². The van der Waals surface area contributed by atoms with Crippen LogP contribution in [-0.4, -0.2) is 28.9 Å². The number of amides is 1. The number of carbonyl (C=O) groups is 1. The topological polar surface area (TPSA) is 36.1 Å². The molecule has 0 aliphatic heterocycles. The number of benzene rings is 1. The minimum Gasteiger partial charge on any atom is -0.361 e. The van der Waals surface area contributed by atoms with Crippen LogP contribution < -0.4 is 0 Å². The molecule has 2 atom stereocenters. The van der Waals surface area contributed by atoms with Gasteiger partial charge in [0.25, 0.3) is 0 Å². The molecule has 22 heavy (non-hydrogen) atoms. The summed E-state index contributed by atoms with van der Waals surface area (Å²) in [6.45, 7) is 2.28. The molecular weight excluding hydrogens is 272 g/mol. The zero-order chi connectivity index (χ0) is 15.5. The second-order valence-corrected chi connectivity index (χ2v) is 6.69. The summed E-state index contributed by atoms with van der Waals surface area (Å²) in [5.74, 6) is 0.916. The third-order valence-electron chi connectivity index (χ3n) is 5.24. The van der Waals surface area contributed by atoms with Crippen molar-refractivity contribution in [3.05, 3.63) is 36.0 Å². The van der Waals surface area contributed by atoms with Crippen molar-refractivity contribution >= 4 is 16.8 Å². The van der Waals surface area contributed by atoms with E-state index < -0.39 is 0 Å². The molecule has 0 radical (unpaired) electrons. The number of rotatable bonds is 4. The van der Waals surface area contributed by atoms with Gasteiger partial charge in [0.05, 0.1) is 0 Å². The summed E-state index contributed by atoms with van der Waals surface area (Å²) in [6, 6.07) is 8.72. The Hall–Kier alpha value is -1.77. The monoisotopic (exact) mass is 298 g/mol. The van der Waals surface area contributed by atoms with Crippen LogP contribution in [0.4, 0.5) is 0 Å². The Morgan fingerprint density at radius 1 is 1.27 bits per heavy atom. The first-order chi connectivity index (χ1) is 10.7. The molecule has 3 rings (SSSR count). The highest BCUT2D eigenvalue weighted by Crippen LogP contribution is 2.28. The number of H-pyrrole nitrogens is 1. The molecule has 3 nitrogen and oxygen atoms in total. The minimum atomic E-state index is 0.282. The Kier molecular flexibility index (Phi) is 4.51. The van der Waals surface area contributed by atoms with Crippen molar-refractivity contribution in [1.29, 1.82) is 0 Å². The molecule has 1 heterocycles. The van der Waals surface area contributed by atoms with Gasteiger partial charge in [0.2, 0.25) is 5.91 Å². The molecule has 1 saturated carbocycles. The summed E-state index contributed by atoms with van der Waals surface area (Å²) < 4.78 is 0. The highest BCUT2D eigenvalue weighted by Gasteiger charge is 2.27. The number of hydrogen-bond acceptors (Lipinski definition) is 1. The molecule has 3 heteroatoms. The van der Waals surface area contributed by atoms with Crippen molar-refractivity contribution in [2.75, 3.05) is 7.05 Å². The fourth-order valence-electron chi connectivity index (χ4n) is 3.81. The Balaban J connectivity index is 1.62. The third-order valence-corrected chi connectivity index (χ3v) is 5.24. The fraction of sp³-hybridized carbons (Fsp3) is 0.526. The van der Waals surface area contributed by atoms with Crippen LogP contribution in [0, 0.1) is 5.92 Å². The number of aromatic nitrogens is 1. The van der Waals surface area contributed by atoms with Crippen LogP contribution in [0.2, 0.25) is 0 Å². The van der Waals surface area contributed by atoms with Gasteiger partial charge in [-0.2, -0.15) is 0 Å². The van der Waals surface area contributed by atoms with Crippen LogP contribution in [0.15, 0.2) is 30.5 Å². The van der Waals surface area contributed by atoms with E-state index in [-0.39, 0.29) is 5.91 Å². The molecule has 1 aliphatic rings. The van der Waals surface area contributed by atoms with Crippen molar-refractivity contribution < 1.29 is 4.79 Å². The lowest BCUT2D eigenvalue weighted by Crippen LogP contribution is -2.42. The van der Waals surface area contributed by atoms with E-state index in [1.165, 1.54) is 30.2 Å². The second kappa shape index (κ2) is 6.55. The van der Waals surface area contributed by atoms with E-state index in [1.54, 1.807) is 0 Å². The largest absolute Gasteiger partial charge is 0.361 e. The van der Waals surface area contributed by atoms with Crippen LogP contribution in [0.25, 0.3) is 10.9 Å². The van der Waals surface area contributed by atoms with Crippen LogP contribution in [-0.2, 0) is 11.2 Å². The van der Waals surface area contributed by atoms with Crippen molar-refractivity contribution in [1.82, 2.24) is 9.88 Å². The van der Waals surface area contributed by atoms with E-state index in [2.05, 4.69) is 30.1 Å². The number of nitrogens with zero attached hydrogens (tertiary/aromatic N) is 1. The first-order valence-corrected chi connectivity index (χ1v) is 8.47. The van der Waals surface area contributed by atoms with E-state index in [9.17, 15) is 4.79 Å². The van der Waals surface area contributed by atoms with Crippen LogP contribution in [0.5, 0.6) is 0 Å². The van der Waals surface area contributed by atoms with Crippen LogP contribution in [0.3, 0.4) is 0 Å². The summed E-state index contributed by atoms with van der Waals surface area (Å²) in [7, 11) is 1.99. The number of nitrogens with one attached hydrogen (secondary N) is 1. The third kappa shape index (κ3) is 3.03. The average Bonchev–Trinajstić information content (AvgIpc) is 2.95. The maximum Gasteiger partial charge on any atom is 0.222 e. The normalized spacial score (nSPS) is 21.9. The smallest absolute Gasteiger partial charge is 0.222 e. The zero-order valence-electron chi connectivity index (χ0n) is 13.6. The molecule has 1 aromatic heterocycles. The van der Waals surface area contributed by atoms with Crippen LogP contribution >= 0.6 is 0 Å². The maximum atomic E-state index is 12.5. The second-order valence-electron chi connectivity index (χ2n) is 6.69. The number of carbonyl (C=O) groups excluding carboxylic acids is 1. The first-order valence-electron chi connectivity index (χ1n) is 8.47. The average molecular weight is 298 g/mol. The minimum absolute atomic E-state index is 0.282. The predicted molar refractivity (Wildman–Crippen MR) is 90.8 cm³/mol. The molecule has 0 spiro atoms. The van der Waals surface area contributed by atoms with Gasteiger partial charge in [0, 0.05) is 36.6 Å². The number of hydrogen-bond donors (Lipinski definition) is 1. The Labute approximate surface area is 132 Å². The molecule has 1 amide bonds. The lowest BCUT2D eigenvalue weighted by Gasteiger charge is -2.36. The van der Waals surface area contributed by atoms with Crippen molar-refractivity contribution in [2.45, 2.75) is 51.5 Å². The highest BCUT2D eigenvalue weighted by molar-refractivity contribution is 5.84. The Morgan fingerprint density at radius 2 is 2.05 bits per heavy atom. The lowest BCUT2D eigenvalue weighted by atomic mass is 9.85. The lowest BCUT2D eigenvalue weighted by molar-refractivity contribution is -0.133. The molecule has 1 fully saturated rings. The maximum absolute atomic E-state index is 12.5. The summed E-state index contributed by atoms with van der Waals surface area (Å²) in [4.78, 5) is 17.8. The molecule has 0 bridgehead atoms. The first kappa shape index (κ1) is 15.1. The van der Waals surface area contributed by atoms with Gasteiger partial charge in [-0.1, -0.05) is 38.0 Å². The van der Waals surface area contributed by atoms with Crippen molar-refractivity contribution in [2.24, 2.45) is 5.92 Å². The molecule has 1 aliphatic carbocycles. The quantitative estimate of drug-likeness (QED) is 0.905. The van der Waals surface area contributed by atoms with Crippen molar-refractivity contribution in [3.8, 4) is 0 Å². The van der Waals surface area contributed by atoms with Gasteiger partial charge in [-0.15, -0.1) is 0 Å². The fourth-order valence-corrected chi connectivity index (χ4v) is 3.81. The summed E-state index contributed by atoms with van der Waals surface area (Å²) >= 11 is 0. The van der Waals surface area contributed by atoms with E-state index in [4.69, 9.17) is 0 Å². The van der Waals surface area contributed by atoms with Gasteiger partial charge >= 0.3 is 0 Å². The Bertz CT molecular complexity index is 646. The molecule has 118 valence electrons. The van der Waals surface area contributed by atoms with E-state index in [0.717, 1.165) is 18.4 Å². The van der Waals surface area contributed by atoms with Gasteiger partial charge in [-0.3, -0.25) is 4.79 Å². The van der Waals surface area contributed by atoms with Crippen molar-refractivity contribution in [3.63, 3.8) is 0 Å². The standard InChI is InChI=1S/C19H26N2O/c1-14-7-3-6-10-18(14)21(2)19(22)12-11-15-13-20-17-9-5-4-8-16(15)17/h4-5,8-9,13-14,18,20H,3,6-7,10-12H2,1-2H3. The molecule has 1 N–H and O–H groups in total.